The van der Waals surface area contributed by atoms with E-state index < -0.39 is 0 Å². The van der Waals surface area contributed by atoms with Crippen molar-refractivity contribution < 1.29 is 4.39 Å². The Morgan fingerprint density at radius 3 is 2.35 bits per heavy atom. The van der Waals surface area contributed by atoms with Crippen molar-refractivity contribution in [2.45, 2.75) is 50.3 Å². The molecule has 2 atom stereocenters. The molecule has 0 aliphatic rings. The van der Waals surface area contributed by atoms with Crippen LogP contribution in [0, 0.1) is 11.2 Å². The Morgan fingerprint density at radius 1 is 1.29 bits per heavy atom. The lowest BCUT2D eigenvalue weighted by molar-refractivity contribution is 0.350. The third kappa shape index (κ3) is 4.00. The summed E-state index contributed by atoms with van der Waals surface area (Å²) in [7, 11) is 0. The van der Waals surface area contributed by atoms with Crippen LogP contribution in [-0.4, -0.2) is 11.3 Å². The normalized spacial score (nSPS) is 15.6. The van der Waals surface area contributed by atoms with Gasteiger partial charge in [-0.05, 0) is 24.0 Å². The summed E-state index contributed by atoms with van der Waals surface area (Å²) in [5.74, 6) is -0.157. The number of hydrogen-bond acceptors (Lipinski definition) is 2. The smallest absolute Gasteiger partial charge is 0.136 e. The lowest BCUT2D eigenvalue weighted by Gasteiger charge is -2.34. The number of nitrogens with two attached hydrogens (primary N) is 1. The Bertz CT molecular complexity index is 359. The summed E-state index contributed by atoms with van der Waals surface area (Å²) in [6.07, 6.45) is 0.906. The molecule has 1 aromatic rings. The van der Waals surface area contributed by atoms with E-state index in [2.05, 4.69) is 27.7 Å². The van der Waals surface area contributed by atoms with Gasteiger partial charge >= 0.3 is 0 Å². The molecule has 96 valence electrons. The van der Waals surface area contributed by atoms with Gasteiger partial charge in [-0.25, -0.2) is 4.39 Å². The first kappa shape index (κ1) is 14.5. The molecule has 0 saturated heterocycles. The second-order valence-electron chi connectivity index (χ2n) is 5.41. The Labute approximate surface area is 108 Å². The molecule has 17 heavy (non-hydrogen) atoms. The van der Waals surface area contributed by atoms with Crippen LogP contribution in [0.5, 0.6) is 0 Å². The van der Waals surface area contributed by atoms with Crippen molar-refractivity contribution in [3.8, 4) is 0 Å². The van der Waals surface area contributed by atoms with Crippen molar-refractivity contribution in [3.63, 3.8) is 0 Å². The van der Waals surface area contributed by atoms with Gasteiger partial charge in [0.25, 0.3) is 0 Å². The number of hydrogen-bond donors (Lipinski definition) is 1. The SMILES string of the molecule is CCC(N)C(Sc1ccccc1F)C(C)(C)C. The quantitative estimate of drug-likeness (QED) is 0.821. The zero-order valence-corrected chi connectivity index (χ0v) is 11.9. The largest absolute Gasteiger partial charge is 0.327 e. The second-order valence-corrected chi connectivity index (χ2v) is 6.59. The topological polar surface area (TPSA) is 26.0 Å². The van der Waals surface area contributed by atoms with Gasteiger partial charge in [-0.15, -0.1) is 11.8 Å². The molecule has 2 N–H and O–H groups in total. The Morgan fingerprint density at radius 2 is 1.88 bits per heavy atom. The number of rotatable bonds is 4. The molecule has 2 unspecified atom stereocenters. The summed E-state index contributed by atoms with van der Waals surface area (Å²) >= 11 is 1.55. The fourth-order valence-corrected chi connectivity index (χ4v) is 3.13. The molecule has 0 aliphatic heterocycles. The van der Waals surface area contributed by atoms with Crippen LogP contribution in [0.2, 0.25) is 0 Å². The van der Waals surface area contributed by atoms with Crippen LogP contribution in [0.25, 0.3) is 0 Å². The first-order valence-corrected chi connectivity index (χ1v) is 6.91. The predicted molar refractivity (Wildman–Crippen MR) is 73.8 cm³/mol. The summed E-state index contributed by atoms with van der Waals surface area (Å²) in [6, 6.07) is 6.98. The minimum absolute atomic E-state index is 0.0579. The zero-order valence-electron chi connectivity index (χ0n) is 11.0. The highest BCUT2D eigenvalue weighted by Gasteiger charge is 2.30. The Hall–Kier alpha value is -0.540. The highest BCUT2D eigenvalue weighted by atomic mass is 32.2. The average molecular weight is 255 g/mol. The molecule has 0 heterocycles. The third-order valence-corrected chi connectivity index (χ3v) is 4.70. The Kier molecular flexibility index (Phi) is 5.02. The summed E-state index contributed by atoms with van der Waals surface area (Å²) in [4.78, 5) is 0.691. The van der Waals surface area contributed by atoms with Gasteiger partial charge in [-0.2, -0.15) is 0 Å². The minimum Gasteiger partial charge on any atom is -0.327 e. The van der Waals surface area contributed by atoms with Crippen molar-refractivity contribution in [1.29, 1.82) is 0 Å². The van der Waals surface area contributed by atoms with E-state index in [0.29, 0.717) is 4.90 Å². The van der Waals surface area contributed by atoms with Gasteiger partial charge in [0.1, 0.15) is 5.82 Å². The van der Waals surface area contributed by atoms with Gasteiger partial charge in [0.2, 0.25) is 0 Å². The van der Waals surface area contributed by atoms with Crippen LogP contribution in [0.15, 0.2) is 29.2 Å². The summed E-state index contributed by atoms with van der Waals surface area (Å²) < 4.78 is 13.6. The Balaban J connectivity index is 2.91. The van der Waals surface area contributed by atoms with Gasteiger partial charge < -0.3 is 5.73 Å². The standard InChI is InChI=1S/C14H22FNS/c1-5-11(16)13(14(2,3)4)17-12-9-7-6-8-10(12)15/h6-9,11,13H,5,16H2,1-4H3. The predicted octanol–water partition coefficient (Wildman–Crippen LogP) is 4.07. The molecule has 0 fully saturated rings. The number of halogens is 1. The van der Waals surface area contributed by atoms with Gasteiger partial charge in [-0.3, -0.25) is 0 Å². The van der Waals surface area contributed by atoms with Gasteiger partial charge in [0.15, 0.2) is 0 Å². The molecule has 0 amide bonds. The molecule has 0 saturated carbocycles. The van der Waals surface area contributed by atoms with Crippen molar-refractivity contribution in [1.82, 2.24) is 0 Å². The summed E-state index contributed by atoms with van der Waals surface area (Å²) in [5.41, 5.74) is 6.22. The molecule has 1 aromatic carbocycles. The highest BCUT2D eigenvalue weighted by Crippen LogP contribution is 2.38. The lowest BCUT2D eigenvalue weighted by Crippen LogP contribution is -2.40. The van der Waals surface area contributed by atoms with Crippen LogP contribution in [0.3, 0.4) is 0 Å². The van der Waals surface area contributed by atoms with Crippen LogP contribution >= 0.6 is 11.8 Å². The molecule has 0 spiro atoms. The van der Waals surface area contributed by atoms with E-state index in [0.717, 1.165) is 6.42 Å². The van der Waals surface area contributed by atoms with E-state index >= 15 is 0 Å². The van der Waals surface area contributed by atoms with Crippen LogP contribution in [0.4, 0.5) is 4.39 Å². The molecule has 0 aromatic heterocycles. The van der Waals surface area contributed by atoms with Crippen molar-refractivity contribution in [2.24, 2.45) is 11.1 Å². The molecule has 3 heteroatoms. The summed E-state index contributed by atoms with van der Waals surface area (Å²) in [5, 5.41) is 0.212. The van der Waals surface area contributed by atoms with Gasteiger partial charge in [0.05, 0.1) is 0 Å². The maximum Gasteiger partial charge on any atom is 0.136 e. The van der Waals surface area contributed by atoms with Crippen molar-refractivity contribution in [3.05, 3.63) is 30.1 Å². The molecule has 1 rings (SSSR count). The molecule has 1 nitrogen and oxygen atoms in total. The van der Waals surface area contributed by atoms with E-state index in [1.807, 2.05) is 12.1 Å². The minimum atomic E-state index is -0.157. The maximum atomic E-state index is 13.6. The molecule has 0 aliphatic carbocycles. The van der Waals surface area contributed by atoms with Crippen molar-refractivity contribution >= 4 is 11.8 Å². The van der Waals surface area contributed by atoms with Gasteiger partial charge in [-0.1, -0.05) is 39.8 Å². The van der Waals surface area contributed by atoms with E-state index in [4.69, 9.17) is 5.73 Å². The van der Waals surface area contributed by atoms with E-state index in [1.54, 1.807) is 17.8 Å². The van der Waals surface area contributed by atoms with E-state index in [-0.39, 0.29) is 22.5 Å². The van der Waals surface area contributed by atoms with Crippen LogP contribution < -0.4 is 5.73 Å². The first-order valence-electron chi connectivity index (χ1n) is 6.03. The summed E-state index contributed by atoms with van der Waals surface area (Å²) in [6.45, 7) is 8.54. The molecular formula is C14H22FNS. The lowest BCUT2D eigenvalue weighted by atomic mass is 9.87. The van der Waals surface area contributed by atoms with Gasteiger partial charge in [0, 0.05) is 16.2 Å². The second kappa shape index (κ2) is 5.87. The number of benzene rings is 1. The van der Waals surface area contributed by atoms with Crippen molar-refractivity contribution in [2.75, 3.05) is 0 Å². The fourth-order valence-electron chi connectivity index (χ4n) is 1.80. The monoisotopic (exact) mass is 255 g/mol. The molecule has 0 bridgehead atoms. The van der Waals surface area contributed by atoms with E-state index in [9.17, 15) is 4.39 Å². The third-order valence-electron chi connectivity index (χ3n) is 2.80. The fraction of sp³-hybridized carbons (Fsp3) is 0.571. The number of thioether (sulfide) groups is 1. The average Bonchev–Trinajstić information content (AvgIpc) is 2.25. The van der Waals surface area contributed by atoms with E-state index in [1.165, 1.54) is 6.07 Å². The maximum absolute atomic E-state index is 13.6. The van der Waals surface area contributed by atoms with Crippen LogP contribution in [-0.2, 0) is 0 Å². The highest BCUT2D eigenvalue weighted by molar-refractivity contribution is 8.00. The zero-order chi connectivity index (χ0) is 13.1. The molecule has 0 radical (unpaired) electrons. The first-order chi connectivity index (χ1) is 7.86. The van der Waals surface area contributed by atoms with Crippen LogP contribution in [0.1, 0.15) is 34.1 Å². The molecular weight excluding hydrogens is 233 g/mol.